The minimum Gasteiger partial charge on any atom is -0.338 e. The average molecular weight is 207 g/mol. The molecule has 0 aliphatic heterocycles. The predicted molar refractivity (Wildman–Crippen MR) is 63.8 cm³/mol. The molecule has 0 amide bonds. The van der Waals surface area contributed by atoms with E-state index in [-0.39, 0.29) is 0 Å². The van der Waals surface area contributed by atoms with Gasteiger partial charge in [0.15, 0.2) is 0 Å². The summed E-state index contributed by atoms with van der Waals surface area (Å²) in [7, 11) is 2.03. The van der Waals surface area contributed by atoms with E-state index in [1.54, 1.807) is 0 Å². The van der Waals surface area contributed by atoms with Gasteiger partial charge in [0.25, 0.3) is 0 Å². The number of allylic oxidation sites excluding steroid dienone is 1. The van der Waals surface area contributed by atoms with E-state index in [0.29, 0.717) is 6.04 Å². The van der Waals surface area contributed by atoms with Gasteiger partial charge in [0.05, 0.1) is 0 Å². The van der Waals surface area contributed by atoms with Crippen molar-refractivity contribution in [3.8, 4) is 0 Å². The number of hydrogen-bond acceptors (Lipinski definition) is 2. The number of aromatic nitrogens is 2. The van der Waals surface area contributed by atoms with Crippen LogP contribution < -0.4 is 5.32 Å². The predicted octanol–water partition coefficient (Wildman–Crippen LogP) is 1.91. The van der Waals surface area contributed by atoms with Crippen LogP contribution in [0.15, 0.2) is 25.0 Å². The van der Waals surface area contributed by atoms with E-state index >= 15 is 0 Å². The molecule has 1 aromatic heterocycles. The third-order valence-electron chi connectivity index (χ3n) is 2.57. The molecule has 1 atom stereocenters. The van der Waals surface area contributed by atoms with Gasteiger partial charge in [-0.05, 0) is 19.8 Å². The summed E-state index contributed by atoms with van der Waals surface area (Å²) in [5, 5.41) is 3.48. The Morgan fingerprint density at radius 1 is 1.67 bits per heavy atom. The highest BCUT2D eigenvalue weighted by atomic mass is 15.0. The van der Waals surface area contributed by atoms with E-state index < -0.39 is 0 Å². The summed E-state index contributed by atoms with van der Waals surface area (Å²) in [4.78, 5) is 4.28. The van der Waals surface area contributed by atoms with E-state index in [9.17, 15) is 0 Å². The average Bonchev–Trinajstić information content (AvgIpc) is 2.61. The summed E-state index contributed by atoms with van der Waals surface area (Å²) in [5.41, 5.74) is 0. The van der Waals surface area contributed by atoms with Crippen LogP contribution >= 0.6 is 0 Å². The molecular formula is C12H21N3. The third-order valence-corrected chi connectivity index (χ3v) is 2.57. The van der Waals surface area contributed by atoms with Crippen molar-refractivity contribution in [1.82, 2.24) is 14.9 Å². The van der Waals surface area contributed by atoms with E-state index in [2.05, 4.69) is 28.4 Å². The van der Waals surface area contributed by atoms with Crippen molar-refractivity contribution >= 4 is 0 Å². The van der Waals surface area contributed by atoms with Crippen LogP contribution in [0.5, 0.6) is 0 Å². The number of nitrogens with zero attached hydrogens (tertiary/aromatic N) is 2. The number of imidazole rings is 1. The molecule has 0 saturated heterocycles. The SMILES string of the molecule is C=CCCC(C)NCCc1nccn1C. The lowest BCUT2D eigenvalue weighted by molar-refractivity contribution is 0.515. The van der Waals surface area contributed by atoms with Crippen molar-refractivity contribution in [2.45, 2.75) is 32.2 Å². The molecule has 15 heavy (non-hydrogen) atoms. The first-order valence-electron chi connectivity index (χ1n) is 5.54. The van der Waals surface area contributed by atoms with Gasteiger partial charge in [-0.2, -0.15) is 0 Å². The molecule has 84 valence electrons. The zero-order chi connectivity index (χ0) is 11.1. The Morgan fingerprint density at radius 2 is 2.47 bits per heavy atom. The summed E-state index contributed by atoms with van der Waals surface area (Å²) in [6.45, 7) is 6.92. The molecule has 0 radical (unpaired) electrons. The van der Waals surface area contributed by atoms with Crippen LogP contribution in [-0.2, 0) is 13.5 Å². The number of rotatable bonds is 7. The van der Waals surface area contributed by atoms with Gasteiger partial charge >= 0.3 is 0 Å². The first-order valence-corrected chi connectivity index (χ1v) is 5.54. The highest BCUT2D eigenvalue weighted by Gasteiger charge is 2.01. The Bertz CT molecular complexity index is 291. The maximum atomic E-state index is 4.28. The monoisotopic (exact) mass is 207 g/mol. The number of nitrogens with one attached hydrogen (secondary N) is 1. The maximum absolute atomic E-state index is 4.28. The van der Waals surface area contributed by atoms with Crippen molar-refractivity contribution in [2.75, 3.05) is 6.54 Å². The van der Waals surface area contributed by atoms with Gasteiger partial charge < -0.3 is 9.88 Å². The molecule has 1 aromatic rings. The largest absolute Gasteiger partial charge is 0.338 e. The first-order chi connectivity index (χ1) is 7.24. The van der Waals surface area contributed by atoms with Crippen molar-refractivity contribution in [3.63, 3.8) is 0 Å². The molecule has 0 aliphatic carbocycles. The van der Waals surface area contributed by atoms with Crippen LogP contribution in [0.2, 0.25) is 0 Å². The summed E-state index contributed by atoms with van der Waals surface area (Å²) in [6, 6.07) is 0.559. The van der Waals surface area contributed by atoms with Gasteiger partial charge in [-0.15, -0.1) is 6.58 Å². The van der Waals surface area contributed by atoms with Crippen molar-refractivity contribution < 1.29 is 0 Å². The molecule has 1 rings (SSSR count). The Balaban J connectivity index is 2.16. The van der Waals surface area contributed by atoms with E-state index in [1.165, 1.54) is 0 Å². The van der Waals surface area contributed by atoms with Crippen molar-refractivity contribution in [2.24, 2.45) is 7.05 Å². The second-order valence-corrected chi connectivity index (χ2v) is 3.93. The maximum Gasteiger partial charge on any atom is 0.109 e. The van der Waals surface area contributed by atoms with E-state index in [0.717, 1.165) is 31.6 Å². The standard InChI is InChI=1S/C12H21N3/c1-4-5-6-11(2)13-8-7-12-14-9-10-15(12)3/h4,9-11,13H,1,5-8H2,2-3H3. The molecule has 3 heteroatoms. The lowest BCUT2D eigenvalue weighted by Gasteiger charge is -2.12. The fraction of sp³-hybridized carbons (Fsp3) is 0.583. The normalized spacial score (nSPS) is 12.7. The minimum absolute atomic E-state index is 0.559. The molecule has 0 aromatic carbocycles. The van der Waals surface area contributed by atoms with Crippen molar-refractivity contribution in [3.05, 3.63) is 30.9 Å². The number of hydrogen-bond donors (Lipinski definition) is 1. The Labute approximate surface area is 92.2 Å². The highest BCUT2D eigenvalue weighted by molar-refractivity contribution is 4.91. The lowest BCUT2D eigenvalue weighted by Crippen LogP contribution is -2.28. The van der Waals surface area contributed by atoms with Crippen LogP contribution in [0.25, 0.3) is 0 Å². The molecule has 1 N–H and O–H groups in total. The molecule has 0 saturated carbocycles. The van der Waals surface area contributed by atoms with Gasteiger partial charge in [-0.1, -0.05) is 6.08 Å². The molecule has 0 fully saturated rings. The molecule has 0 bridgehead atoms. The van der Waals surface area contributed by atoms with Gasteiger partial charge in [-0.3, -0.25) is 0 Å². The quantitative estimate of drug-likeness (QED) is 0.692. The Kier molecular flexibility index (Phi) is 5.12. The Hall–Kier alpha value is -1.09. The Morgan fingerprint density at radius 3 is 3.07 bits per heavy atom. The summed E-state index contributed by atoms with van der Waals surface area (Å²) in [6.07, 6.45) is 9.02. The zero-order valence-corrected chi connectivity index (χ0v) is 9.74. The van der Waals surface area contributed by atoms with E-state index in [1.807, 2.05) is 25.5 Å². The first kappa shape index (κ1) is 12.0. The van der Waals surface area contributed by atoms with Gasteiger partial charge in [0, 0.05) is 38.4 Å². The van der Waals surface area contributed by atoms with Crippen LogP contribution in [0, 0.1) is 0 Å². The van der Waals surface area contributed by atoms with Gasteiger partial charge in [0.2, 0.25) is 0 Å². The fourth-order valence-electron chi connectivity index (χ4n) is 1.54. The third kappa shape index (κ3) is 4.30. The smallest absolute Gasteiger partial charge is 0.109 e. The second-order valence-electron chi connectivity index (χ2n) is 3.93. The highest BCUT2D eigenvalue weighted by Crippen LogP contribution is 1.98. The lowest BCUT2D eigenvalue weighted by atomic mass is 10.2. The molecule has 0 aliphatic rings. The molecule has 3 nitrogen and oxygen atoms in total. The van der Waals surface area contributed by atoms with Crippen LogP contribution in [0.1, 0.15) is 25.6 Å². The molecule has 0 spiro atoms. The van der Waals surface area contributed by atoms with Crippen LogP contribution in [0.4, 0.5) is 0 Å². The molecule has 1 heterocycles. The fourth-order valence-corrected chi connectivity index (χ4v) is 1.54. The molecule has 1 unspecified atom stereocenters. The second kappa shape index (κ2) is 6.40. The van der Waals surface area contributed by atoms with E-state index in [4.69, 9.17) is 0 Å². The summed E-state index contributed by atoms with van der Waals surface area (Å²) >= 11 is 0. The van der Waals surface area contributed by atoms with Crippen molar-refractivity contribution in [1.29, 1.82) is 0 Å². The van der Waals surface area contributed by atoms with Crippen LogP contribution in [0.3, 0.4) is 0 Å². The zero-order valence-electron chi connectivity index (χ0n) is 9.74. The summed E-state index contributed by atoms with van der Waals surface area (Å²) in [5.74, 6) is 1.14. The number of aryl methyl sites for hydroxylation is 1. The summed E-state index contributed by atoms with van der Waals surface area (Å²) < 4.78 is 2.07. The minimum atomic E-state index is 0.559. The van der Waals surface area contributed by atoms with Crippen LogP contribution in [-0.4, -0.2) is 22.1 Å². The van der Waals surface area contributed by atoms with Gasteiger partial charge in [0.1, 0.15) is 5.82 Å². The van der Waals surface area contributed by atoms with Gasteiger partial charge in [-0.25, -0.2) is 4.98 Å². The molecular weight excluding hydrogens is 186 g/mol. The topological polar surface area (TPSA) is 29.9 Å².